The van der Waals surface area contributed by atoms with E-state index in [1.165, 1.54) is 6.26 Å². The Labute approximate surface area is 175 Å². The van der Waals surface area contributed by atoms with Gasteiger partial charge in [0, 0.05) is 45.1 Å². The summed E-state index contributed by atoms with van der Waals surface area (Å²) in [4.78, 5) is 25.5. The van der Waals surface area contributed by atoms with E-state index in [-0.39, 0.29) is 5.91 Å². The number of furan rings is 1. The third kappa shape index (κ3) is 4.37. The van der Waals surface area contributed by atoms with Gasteiger partial charge in [0.2, 0.25) is 0 Å². The van der Waals surface area contributed by atoms with E-state index in [0.717, 1.165) is 36.8 Å². The highest BCUT2D eigenvalue weighted by atomic mass is 16.3. The van der Waals surface area contributed by atoms with Gasteiger partial charge >= 0.3 is 0 Å². The Morgan fingerprint density at radius 2 is 1.93 bits per heavy atom. The molecule has 8 nitrogen and oxygen atoms in total. The molecule has 30 heavy (non-hydrogen) atoms. The van der Waals surface area contributed by atoms with E-state index < -0.39 is 0 Å². The van der Waals surface area contributed by atoms with E-state index in [2.05, 4.69) is 34.3 Å². The van der Waals surface area contributed by atoms with Crippen molar-refractivity contribution in [2.75, 3.05) is 32.7 Å². The lowest BCUT2D eigenvalue weighted by Gasteiger charge is -2.36. The number of aliphatic imine (C=N–C) groups is 1. The molecule has 0 unspecified atom stereocenters. The summed E-state index contributed by atoms with van der Waals surface area (Å²) in [5, 5.41) is 3.38. The molecule has 2 aromatic heterocycles. The first kappa shape index (κ1) is 19.8. The first-order valence-corrected chi connectivity index (χ1v) is 10.2. The number of carbonyl (C=O) groups excluding carboxylic acids is 1. The van der Waals surface area contributed by atoms with Crippen LogP contribution < -0.4 is 5.32 Å². The molecule has 8 heteroatoms. The number of benzene rings is 1. The molecule has 3 aromatic rings. The van der Waals surface area contributed by atoms with Crippen molar-refractivity contribution in [3.8, 4) is 5.69 Å². The number of aromatic nitrogens is 2. The molecule has 1 amide bonds. The molecule has 3 heterocycles. The van der Waals surface area contributed by atoms with Crippen molar-refractivity contribution in [2.45, 2.75) is 13.5 Å². The normalized spacial score (nSPS) is 14.8. The van der Waals surface area contributed by atoms with Gasteiger partial charge in [0.25, 0.3) is 5.91 Å². The minimum atomic E-state index is -0.0594. The standard InChI is InChI=1S/C22H26N6O2/c1-2-24-22(25-16-18-6-3-4-7-19(18)28-10-9-23-17-28)27-13-11-26(12-14-27)21(29)20-8-5-15-30-20/h3-10,15,17H,2,11-14,16H2,1H3,(H,24,25). The lowest BCUT2D eigenvalue weighted by atomic mass is 10.2. The van der Waals surface area contributed by atoms with Crippen LogP contribution >= 0.6 is 0 Å². The third-order valence-corrected chi connectivity index (χ3v) is 5.11. The maximum absolute atomic E-state index is 12.5. The number of piperazine rings is 1. The monoisotopic (exact) mass is 406 g/mol. The van der Waals surface area contributed by atoms with Gasteiger partial charge in [-0.05, 0) is 30.7 Å². The maximum Gasteiger partial charge on any atom is 0.289 e. The van der Waals surface area contributed by atoms with Gasteiger partial charge in [-0.15, -0.1) is 0 Å². The lowest BCUT2D eigenvalue weighted by Crippen LogP contribution is -2.53. The Balaban J connectivity index is 1.44. The van der Waals surface area contributed by atoms with Crippen LogP contribution in [0.15, 0.2) is 70.8 Å². The summed E-state index contributed by atoms with van der Waals surface area (Å²) < 4.78 is 7.24. The number of rotatable bonds is 5. The summed E-state index contributed by atoms with van der Waals surface area (Å²) in [7, 11) is 0. The molecular formula is C22H26N6O2. The largest absolute Gasteiger partial charge is 0.459 e. The van der Waals surface area contributed by atoms with Gasteiger partial charge in [0.15, 0.2) is 11.7 Å². The Kier molecular flexibility index (Phi) is 6.12. The molecule has 4 rings (SSSR count). The Hall–Kier alpha value is -3.55. The number of hydrogen-bond acceptors (Lipinski definition) is 4. The number of para-hydroxylation sites is 1. The highest BCUT2D eigenvalue weighted by molar-refractivity contribution is 5.91. The first-order chi connectivity index (χ1) is 14.8. The van der Waals surface area contributed by atoms with Crippen molar-refractivity contribution >= 4 is 11.9 Å². The van der Waals surface area contributed by atoms with Gasteiger partial charge in [0.1, 0.15) is 0 Å². The number of amides is 1. The molecule has 1 aromatic carbocycles. The maximum atomic E-state index is 12.5. The Morgan fingerprint density at radius 1 is 1.13 bits per heavy atom. The number of carbonyl (C=O) groups is 1. The van der Waals surface area contributed by atoms with Gasteiger partial charge < -0.3 is 24.1 Å². The molecule has 0 saturated carbocycles. The highest BCUT2D eigenvalue weighted by Gasteiger charge is 2.25. The topological polar surface area (TPSA) is 78.9 Å². The van der Waals surface area contributed by atoms with Gasteiger partial charge in [-0.25, -0.2) is 9.98 Å². The molecule has 0 bridgehead atoms. The quantitative estimate of drug-likeness (QED) is 0.520. The predicted octanol–water partition coefficient (Wildman–Crippen LogP) is 2.39. The molecule has 1 N–H and O–H groups in total. The minimum absolute atomic E-state index is 0.0594. The van der Waals surface area contributed by atoms with Crippen LogP contribution in [0.3, 0.4) is 0 Å². The van der Waals surface area contributed by atoms with Crippen LogP contribution in [0.4, 0.5) is 0 Å². The van der Waals surface area contributed by atoms with Crippen LogP contribution in [0.1, 0.15) is 23.0 Å². The van der Waals surface area contributed by atoms with E-state index in [9.17, 15) is 4.79 Å². The summed E-state index contributed by atoms with van der Waals surface area (Å²) in [6.07, 6.45) is 7.03. The van der Waals surface area contributed by atoms with E-state index in [1.54, 1.807) is 24.7 Å². The number of nitrogens with one attached hydrogen (secondary N) is 1. The van der Waals surface area contributed by atoms with Gasteiger partial charge in [0.05, 0.1) is 24.8 Å². The summed E-state index contributed by atoms with van der Waals surface area (Å²) in [6, 6.07) is 11.6. The van der Waals surface area contributed by atoms with Crippen LogP contribution in [0.25, 0.3) is 5.69 Å². The average Bonchev–Trinajstić information content (AvgIpc) is 3.51. The minimum Gasteiger partial charge on any atom is -0.459 e. The van der Waals surface area contributed by atoms with Crippen LogP contribution in [-0.2, 0) is 6.54 Å². The molecule has 0 spiro atoms. The summed E-state index contributed by atoms with van der Waals surface area (Å²) in [5.74, 6) is 1.19. The molecule has 1 aliphatic rings. The average molecular weight is 406 g/mol. The van der Waals surface area contributed by atoms with E-state index >= 15 is 0 Å². The van der Waals surface area contributed by atoms with Crippen molar-refractivity contribution < 1.29 is 9.21 Å². The Bertz CT molecular complexity index is 973. The molecule has 1 fully saturated rings. The van der Waals surface area contributed by atoms with E-state index in [1.807, 2.05) is 27.8 Å². The number of nitrogens with zero attached hydrogens (tertiary/aromatic N) is 5. The van der Waals surface area contributed by atoms with E-state index in [4.69, 9.17) is 9.41 Å². The zero-order valence-corrected chi connectivity index (χ0v) is 17.1. The molecule has 156 valence electrons. The van der Waals surface area contributed by atoms with Crippen molar-refractivity contribution in [3.05, 3.63) is 72.7 Å². The second kappa shape index (κ2) is 9.30. The SMILES string of the molecule is CCNC(=NCc1ccccc1-n1ccnc1)N1CCN(C(=O)c2ccco2)CC1. The molecule has 0 aliphatic carbocycles. The number of hydrogen-bond donors (Lipinski definition) is 1. The van der Waals surface area contributed by atoms with Gasteiger partial charge in [-0.3, -0.25) is 4.79 Å². The molecule has 1 saturated heterocycles. The lowest BCUT2D eigenvalue weighted by molar-refractivity contribution is 0.0657. The first-order valence-electron chi connectivity index (χ1n) is 10.2. The number of imidazole rings is 1. The van der Waals surface area contributed by atoms with Gasteiger partial charge in [-0.2, -0.15) is 0 Å². The third-order valence-electron chi connectivity index (χ3n) is 5.11. The Morgan fingerprint density at radius 3 is 2.63 bits per heavy atom. The molecule has 1 aliphatic heterocycles. The summed E-state index contributed by atoms with van der Waals surface area (Å²) in [6.45, 7) is 6.12. The second-order valence-electron chi connectivity index (χ2n) is 7.03. The molecule has 0 atom stereocenters. The van der Waals surface area contributed by atoms with Crippen LogP contribution in [0, 0.1) is 0 Å². The van der Waals surface area contributed by atoms with Crippen molar-refractivity contribution in [3.63, 3.8) is 0 Å². The van der Waals surface area contributed by atoms with Gasteiger partial charge in [-0.1, -0.05) is 18.2 Å². The fourth-order valence-corrected chi connectivity index (χ4v) is 3.56. The van der Waals surface area contributed by atoms with Crippen LogP contribution in [0.2, 0.25) is 0 Å². The van der Waals surface area contributed by atoms with E-state index in [0.29, 0.717) is 25.4 Å². The van der Waals surface area contributed by atoms with Crippen molar-refractivity contribution in [2.24, 2.45) is 4.99 Å². The van der Waals surface area contributed by atoms with Crippen LogP contribution in [0.5, 0.6) is 0 Å². The zero-order chi connectivity index (χ0) is 20.8. The summed E-state index contributed by atoms with van der Waals surface area (Å²) >= 11 is 0. The second-order valence-corrected chi connectivity index (χ2v) is 7.03. The fourth-order valence-electron chi connectivity index (χ4n) is 3.56. The molecule has 0 radical (unpaired) electrons. The van der Waals surface area contributed by atoms with Crippen molar-refractivity contribution in [1.82, 2.24) is 24.7 Å². The molecular weight excluding hydrogens is 380 g/mol. The smallest absolute Gasteiger partial charge is 0.289 e. The fraction of sp³-hybridized carbons (Fsp3) is 0.318. The predicted molar refractivity (Wildman–Crippen MR) is 115 cm³/mol. The number of guanidine groups is 1. The highest BCUT2D eigenvalue weighted by Crippen LogP contribution is 2.16. The van der Waals surface area contributed by atoms with Crippen LogP contribution in [-0.4, -0.2) is 63.9 Å². The van der Waals surface area contributed by atoms with Crippen molar-refractivity contribution in [1.29, 1.82) is 0 Å². The zero-order valence-electron chi connectivity index (χ0n) is 17.1. The summed E-state index contributed by atoms with van der Waals surface area (Å²) in [5.41, 5.74) is 2.20.